The SMILES string of the molecule is CN(c1cccc(F)c1)S(=O)(=O)c1sccc1Br. The largest absolute Gasteiger partial charge is 0.274 e. The highest BCUT2D eigenvalue weighted by atomic mass is 79.9. The normalized spacial score (nSPS) is 11.5. The molecule has 0 atom stereocenters. The molecule has 1 heterocycles. The minimum atomic E-state index is -3.66. The third-order valence-corrected chi connectivity index (χ3v) is 6.78. The maximum atomic E-state index is 13.1. The molecule has 0 aliphatic heterocycles. The summed E-state index contributed by atoms with van der Waals surface area (Å²) in [7, 11) is -2.26. The van der Waals surface area contributed by atoms with Crippen molar-refractivity contribution in [3.63, 3.8) is 0 Å². The number of rotatable bonds is 3. The molecule has 1 aromatic carbocycles. The molecule has 0 aliphatic rings. The van der Waals surface area contributed by atoms with Gasteiger partial charge in [0.05, 0.1) is 5.69 Å². The van der Waals surface area contributed by atoms with Crippen LogP contribution in [0.4, 0.5) is 10.1 Å². The fourth-order valence-corrected chi connectivity index (χ4v) is 5.05. The molecule has 0 bridgehead atoms. The van der Waals surface area contributed by atoms with Crippen LogP contribution in [-0.4, -0.2) is 15.5 Å². The molecular formula is C11H9BrFNO2S2. The number of sulfonamides is 1. The Morgan fingerprint density at radius 2 is 2.06 bits per heavy atom. The standard InChI is InChI=1S/C11H9BrFNO2S2/c1-14(9-4-2-3-8(13)7-9)18(15,16)11-10(12)5-6-17-11/h2-7H,1H3. The topological polar surface area (TPSA) is 37.4 Å². The predicted molar refractivity (Wildman–Crippen MR) is 74.0 cm³/mol. The number of hydrogen-bond acceptors (Lipinski definition) is 3. The van der Waals surface area contributed by atoms with Gasteiger partial charge in [-0.1, -0.05) is 6.07 Å². The molecule has 0 radical (unpaired) electrons. The van der Waals surface area contributed by atoms with Gasteiger partial charge < -0.3 is 0 Å². The molecule has 0 N–H and O–H groups in total. The first kappa shape index (κ1) is 13.5. The van der Waals surface area contributed by atoms with E-state index in [1.807, 2.05) is 0 Å². The zero-order valence-electron chi connectivity index (χ0n) is 9.30. The van der Waals surface area contributed by atoms with Crippen LogP contribution < -0.4 is 4.31 Å². The molecule has 0 spiro atoms. The Morgan fingerprint density at radius 3 is 2.61 bits per heavy atom. The van der Waals surface area contributed by atoms with Gasteiger partial charge in [-0.05, 0) is 45.6 Å². The highest BCUT2D eigenvalue weighted by Gasteiger charge is 2.25. The zero-order chi connectivity index (χ0) is 13.3. The molecule has 0 saturated heterocycles. The second-order valence-electron chi connectivity index (χ2n) is 3.51. The third-order valence-electron chi connectivity index (χ3n) is 2.35. The summed E-state index contributed by atoms with van der Waals surface area (Å²) >= 11 is 4.30. The summed E-state index contributed by atoms with van der Waals surface area (Å²) in [6.45, 7) is 0. The van der Waals surface area contributed by atoms with Crippen molar-refractivity contribution in [1.29, 1.82) is 0 Å². The molecule has 2 aromatic rings. The second-order valence-corrected chi connectivity index (χ2v) is 7.44. The van der Waals surface area contributed by atoms with Gasteiger partial charge in [-0.2, -0.15) is 0 Å². The molecule has 1 aromatic heterocycles. The van der Waals surface area contributed by atoms with E-state index in [0.717, 1.165) is 15.6 Å². The van der Waals surface area contributed by atoms with Crippen LogP contribution in [-0.2, 0) is 10.0 Å². The van der Waals surface area contributed by atoms with E-state index in [-0.39, 0.29) is 9.90 Å². The highest BCUT2D eigenvalue weighted by molar-refractivity contribution is 9.10. The maximum absolute atomic E-state index is 13.1. The lowest BCUT2D eigenvalue weighted by Gasteiger charge is -2.18. The van der Waals surface area contributed by atoms with Crippen LogP contribution >= 0.6 is 27.3 Å². The van der Waals surface area contributed by atoms with E-state index < -0.39 is 15.8 Å². The van der Waals surface area contributed by atoms with Crippen LogP contribution in [0.15, 0.2) is 44.4 Å². The van der Waals surface area contributed by atoms with Gasteiger partial charge in [0.25, 0.3) is 10.0 Å². The first-order valence-corrected chi connectivity index (χ1v) is 8.01. The molecular weight excluding hydrogens is 341 g/mol. The molecule has 0 amide bonds. The van der Waals surface area contributed by atoms with Crippen LogP contribution in [0, 0.1) is 5.82 Å². The number of nitrogens with zero attached hydrogens (tertiary/aromatic N) is 1. The number of hydrogen-bond donors (Lipinski definition) is 0. The van der Waals surface area contributed by atoms with E-state index in [4.69, 9.17) is 0 Å². The van der Waals surface area contributed by atoms with Gasteiger partial charge in [0.15, 0.2) is 4.21 Å². The zero-order valence-corrected chi connectivity index (χ0v) is 12.5. The second kappa shape index (κ2) is 4.99. The molecule has 2 rings (SSSR count). The summed E-state index contributed by atoms with van der Waals surface area (Å²) in [4.78, 5) is 0. The van der Waals surface area contributed by atoms with Gasteiger partial charge in [0.1, 0.15) is 5.82 Å². The van der Waals surface area contributed by atoms with Gasteiger partial charge in [-0.15, -0.1) is 11.3 Å². The van der Waals surface area contributed by atoms with Crippen molar-refractivity contribution in [2.45, 2.75) is 4.21 Å². The van der Waals surface area contributed by atoms with E-state index in [9.17, 15) is 12.8 Å². The van der Waals surface area contributed by atoms with E-state index in [1.165, 1.54) is 25.2 Å². The van der Waals surface area contributed by atoms with Crippen molar-refractivity contribution >= 4 is 43.0 Å². The molecule has 96 valence electrons. The summed E-state index contributed by atoms with van der Waals surface area (Å²) in [5.74, 6) is -0.472. The molecule has 3 nitrogen and oxygen atoms in total. The number of halogens is 2. The molecule has 0 fully saturated rings. The summed E-state index contributed by atoms with van der Waals surface area (Å²) in [5.41, 5.74) is 0.287. The van der Waals surface area contributed by atoms with Gasteiger partial charge >= 0.3 is 0 Å². The van der Waals surface area contributed by atoms with Crippen molar-refractivity contribution in [1.82, 2.24) is 0 Å². The number of thiophene rings is 1. The smallest absolute Gasteiger partial charge is 0.269 e. The van der Waals surface area contributed by atoms with Crippen molar-refractivity contribution in [3.05, 3.63) is 46.0 Å². The van der Waals surface area contributed by atoms with Crippen molar-refractivity contribution in [3.8, 4) is 0 Å². The molecule has 0 saturated carbocycles. The van der Waals surface area contributed by atoms with Gasteiger partial charge in [0.2, 0.25) is 0 Å². The van der Waals surface area contributed by atoms with E-state index in [1.54, 1.807) is 17.5 Å². The van der Waals surface area contributed by atoms with E-state index in [0.29, 0.717) is 4.47 Å². The monoisotopic (exact) mass is 349 g/mol. The Kier molecular flexibility index (Phi) is 3.74. The minimum Gasteiger partial charge on any atom is -0.269 e. The average molecular weight is 350 g/mol. The van der Waals surface area contributed by atoms with Gasteiger partial charge in [0, 0.05) is 11.5 Å². The van der Waals surface area contributed by atoms with Gasteiger partial charge in [-0.3, -0.25) is 4.31 Å². The van der Waals surface area contributed by atoms with Crippen molar-refractivity contribution < 1.29 is 12.8 Å². The lowest BCUT2D eigenvalue weighted by atomic mass is 10.3. The first-order valence-electron chi connectivity index (χ1n) is 4.90. The predicted octanol–water partition coefficient (Wildman–Crippen LogP) is 3.47. The molecule has 0 aliphatic carbocycles. The molecule has 7 heteroatoms. The summed E-state index contributed by atoms with van der Waals surface area (Å²) in [6, 6.07) is 7.13. The van der Waals surface area contributed by atoms with Gasteiger partial charge in [-0.25, -0.2) is 12.8 Å². The minimum absolute atomic E-state index is 0.203. The van der Waals surface area contributed by atoms with Crippen molar-refractivity contribution in [2.24, 2.45) is 0 Å². The van der Waals surface area contributed by atoms with Crippen LogP contribution in [0.2, 0.25) is 0 Å². The van der Waals surface area contributed by atoms with Crippen LogP contribution in [0.25, 0.3) is 0 Å². The van der Waals surface area contributed by atoms with Crippen LogP contribution in [0.1, 0.15) is 0 Å². The summed E-state index contributed by atoms with van der Waals surface area (Å²) in [6.07, 6.45) is 0. The van der Waals surface area contributed by atoms with Crippen LogP contribution in [0.3, 0.4) is 0 Å². The third kappa shape index (κ3) is 2.43. The quantitative estimate of drug-likeness (QED) is 0.850. The van der Waals surface area contributed by atoms with Crippen molar-refractivity contribution in [2.75, 3.05) is 11.4 Å². The number of anilines is 1. The molecule has 18 heavy (non-hydrogen) atoms. The lowest BCUT2D eigenvalue weighted by molar-refractivity contribution is 0.595. The summed E-state index contributed by atoms with van der Waals surface area (Å²) in [5, 5.41) is 1.68. The summed E-state index contributed by atoms with van der Waals surface area (Å²) < 4.78 is 39.5. The highest BCUT2D eigenvalue weighted by Crippen LogP contribution is 2.31. The average Bonchev–Trinajstić information content (AvgIpc) is 2.75. The Hall–Kier alpha value is -0.920. The fraction of sp³-hybridized carbons (Fsp3) is 0.0909. The lowest BCUT2D eigenvalue weighted by Crippen LogP contribution is -2.26. The maximum Gasteiger partial charge on any atom is 0.274 e. The van der Waals surface area contributed by atoms with E-state index >= 15 is 0 Å². The first-order chi connectivity index (χ1) is 8.43. The molecule has 0 unspecified atom stereocenters. The van der Waals surface area contributed by atoms with E-state index in [2.05, 4.69) is 15.9 Å². The van der Waals surface area contributed by atoms with Crippen LogP contribution in [0.5, 0.6) is 0 Å². The Balaban J connectivity index is 2.46. The Bertz CT molecular complexity index is 669. The fourth-order valence-electron chi connectivity index (χ4n) is 1.40. The number of benzene rings is 1. The Morgan fingerprint density at radius 1 is 1.33 bits per heavy atom. The Labute approximate surface area is 117 Å².